The maximum atomic E-state index is 3.61. The molecule has 1 aromatic carbocycles. The summed E-state index contributed by atoms with van der Waals surface area (Å²) in [5.41, 5.74) is 3.48. The number of halogens is 1. The van der Waals surface area contributed by atoms with E-state index in [1.807, 2.05) is 0 Å². The lowest BCUT2D eigenvalue weighted by Crippen LogP contribution is -2.51. The van der Waals surface area contributed by atoms with Gasteiger partial charge >= 0.3 is 0 Å². The standard InChI is InChI=1S/C18H25BrN2/c1-18(2)17-10-20-9-14(17)11-21(18)16-6-4-12-7-15(19)5-3-13(12)8-16/h3,5,7,14,16-17,20H,4,6,8-11H2,1-2H3. The van der Waals surface area contributed by atoms with Crippen LogP contribution in [0.1, 0.15) is 31.4 Å². The number of benzene rings is 1. The summed E-state index contributed by atoms with van der Waals surface area (Å²) in [6.07, 6.45) is 3.79. The van der Waals surface area contributed by atoms with Gasteiger partial charge in [0.15, 0.2) is 0 Å². The molecular formula is C18H25BrN2. The van der Waals surface area contributed by atoms with Crippen molar-refractivity contribution < 1.29 is 0 Å². The first-order valence-corrected chi connectivity index (χ1v) is 9.10. The fourth-order valence-electron chi connectivity index (χ4n) is 5.04. The molecule has 21 heavy (non-hydrogen) atoms. The van der Waals surface area contributed by atoms with Crippen LogP contribution in [0.25, 0.3) is 0 Å². The second kappa shape index (κ2) is 5.07. The molecule has 0 saturated carbocycles. The summed E-state index contributed by atoms with van der Waals surface area (Å²) in [7, 11) is 0. The smallest absolute Gasteiger partial charge is 0.0200 e. The second-order valence-electron chi connectivity index (χ2n) is 7.64. The summed E-state index contributed by atoms with van der Waals surface area (Å²) in [5, 5.41) is 3.59. The molecule has 1 N–H and O–H groups in total. The number of nitrogens with one attached hydrogen (secondary N) is 1. The van der Waals surface area contributed by atoms with Crippen LogP contribution in [0.5, 0.6) is 0 Å². The first-order valence-electron chi connectivity index (χ1n) is 8.30. The van der Waals surface area contributed by atoms with Crippen LogP contribution in [0, 0.1) is 11.8 Å². The number of nitrogens with zero attached hydrogens (tertiary/aromatic N) is 1. The van der Waals surface area contributed by atoms with Crippen molar-refractivity contribution >= 4 is 15.9 Å². The van der Waals surface area contributed by atoms with E-state index in [0.717, 1.165) is 17.9 Å². The number of hydrogen-bond acceptors (Lipinski definition) is 2. The van der Waals surface area contributed by atoms with Crippen LogP contribution in [-0.2, 0) is 12.8 Å². The molecule has 3 unspecified atom stereocenters. The molecule has 3 heteroatoms. The van der Waals surface area contributed by atoms with E-state index >= 15 is 0 Å². The maximum absolute atomic E-state index is 3.61. The van der Waals surface area contributed by atoms with Gasteiger partial charge < -0.3 is 5.32 Å². The molecule has 2 aliphatic heterocycles. The summed E-state index contributed by atoms with van der Waals surface area (Å²) >= 11 is 3.61. The first-order chi connectivity index (χ1) is 10.1. The zero-order chi connectivity index (χ0) is 14.6. The van der Waals surface area contributed by atoms with Crippen LogP contribution in [0.3, 0.4) is 0 Å². The average molecular weight is 349 g/mol. The van der Waals surface area contributed by atoms with Crippen molar-refractivity contribution in [2.24, 2.45) is 11.8 Å². The zero-order valence-corrected chi connectivity index (χ0v) is 14.6. The summed E-state index contributed by atoms with van der Waals surface area (Å²) in [6.45, 7) is 8.68. The Morgan fingerprint density at radius 1 is 1.24 bits per heavy atom. The van der Waals surface area contributed by atoms with E-state index in [2.05, 4.69) is 58.2 Å². The van der Waals surface area contributed by atoms with Crippen LogP contribution >= 0.6 is 15.9 Å². The van der Waals surface area contributed by atoms with Gasteiger partial charge in [-0.1, -0.05) is 22.0 Å². The third-order valence-corrected chi connectivity index (χ3v) is 6.72. The Kier molecular flexibility index (Phi) is 3.44. The number of rotatable bonds is 1. The summed E-state index contributed by atoms with van der Waals surface area (Å²) < 4.78 is 1.22. The van der Waals surface area contributed by atoms with E-state index in [1.165, 1.54) is 43.4 Å². The molecule has 4 rings (SSSR count). The van der Waals surface area contributed by atoms with Gasteiger partial charge in [-0.25, -0.2) is 0 Å². The third kappa shape index (κ3) is 2.29. The monoisotopic (exact) mass is 348 g/mol. The quantitative estimate of drug-likeness (QED) is 0.837. The Labute approximate surface area is 136 Å². The predicted octanol–water partition coefficient (Wildman–Crippen LogP) is 3.24. The Morgan fingerprint density at radius 2 is 2.10 bits per heavy atom. The number of hydrogen-bond donors (Lipinski definition) is 1. The highest BCUT2D eigenvalue weighted by Gasteiger charge is 2.51. The van der Waals surface area contributed by atoms with E-state index in [0.29, 0.717) is 5.54 Å². The van der Waals surface area contributed by atoms with Gasteiger partial charge in [0.25, 0.3) is 0 Å². The van der Waals surface area contributed by atoms with Crippen molar-refractivity contribution in [1.29, 1.82) is 0 Å². The fraction of sp³-hybridized carbons (Fsp3) is 0.667. The van der Waals surface area contributed by atoms with Gasteiger partial charge in [-0.05, 0) is 74.8 Å². The van der Waals surface area contributed by atoms with E-state index < -0.39 is 0 Å². The van der Waals surface area contributed by atoms with Gasteiger partial charge in [0.2, 0.25) is 0 Å². The molecule has 2 heterocycles. The lowest BCUT2D eigenvalue weighted by molar-refractivity contribution is 0.0808. The summed E-state index contributed by atoms with van der Waals surface area (Å²) in [4.78, 5) is 2.84. The molecule has 2 fully saturated rings. The molecule has 1 aliphatic carbocycles. The van der Waals surface area contributed by atoms with Gasteiger partial charge in [-0.2, -0.15) is 0 Å². The highest BCUT2D eigenvalue weighted by Crippen LogP contribution is 2.43. The SMILES string of the molecule is CC1(C)C2CNCC2CN1C1CCc2cc(Br)ccc2C1. The molecular weight excluding hydrogens is 324 g/mol. The van der Waals surface area contributed by atoms with Crippen molar-refractivity contribution in [2.75, 3.05) is 19.6 Å². The molecule has 0 aromatic heterocycles. The molecule has 0 amide bonds. The third-order valence-electron chi connectivity index (χ3n) is 6.23. The highest BCUT2D eigenvalue weighted by atomic mass is 79.9. The van der Waals surface area contributed by atoms with E-state index in [1.54, 1.807) is 11.1 Å². The normalized spacial score (nSPS) is 34.7. The lowest BCUT2D eigenvalue weighted by Gasteiger charge is -2.43. The molecule has 0 spiro atoms. The van der Waals surface area contributed by atoms with Crippen LogP contribution in [0.2, 0.25) is 0 Å². The van der Waals surface area contributed by atoms with Crippen molar-refractivity contribution in [2.45, 2.75) is 44.7 Å². The molecule has 0 radical (unpaired) electrons. The maximum Gasteiger partial charge on any atom is 0.0200 e. The van der Waals surface area contributed by atoms with Gasteiger partial charge in [-0.3, -0.25) is 4.90 Å². The molecule has 0 bridgehead atoms. The molecule has 3 atom stereocenters. The van der Waals surface area contributed by atoms with Crippen LogP contribution < -0.4 is 5.32 Å². The largest absolute Gasteiger partial charge is 0.316 e. The Morgan fingerprint density at radius 3 is 2.90 bits per heavy atom. The highest BCUT2D eigenvalue weighted by molar-refractivity contribution is 9.10. The summed E-state index contributed by atoms with van der Waals surface area (Å²) in [6, 6.07) is 7.59. The van der Waals surface area contributed by atoms with E-state index in [-0.39, 0.29) is 0 Å². The van der Waals surface area contributed by atoms with Gasteiger partial charge in [-0.15, -0.1) is 0 Å². The van der Waals surface area contributed by atoms with E-state index in [4.69, 9.17) is 0 Å². The molecule has 1 aromatic rings. The van der Waals surface area contributed by atoms with Crippen LogP contribution in [0.4, 0.5) is 0 Å². The Hall–Kier alpha value is -0.380. The summed E-state index contributed by atoms with van der Waals surface area (Å²) in [5.74, 6) is 1.70. The number of likely N-dealkylation sites (tertiary alicyclic amines) is 1. The topological polar surface area (TPSA) is 15.3 Å². The molecule has 2 nitrogen and oxygen atoms in total. The van der Waals surface area contributed by atoms with Crippen molar-refractivity contribution in [3.05, 3.63) is 33.8 Å². The van der Waals surface area contributed by atoms with Crippen LogP contribution in [0.15, 0.2) is 22.7 Å². The second-order valence-corrected chi connectivity index (χ2v) is 8.56. The van der Waals surface area contributed by atoms with E-state index in [9.17, 15) is 0 Å². The molecule has 2 saturated heterocycles. The van der Waals surface area contributed by atoms with Crippen molar-refractivity contribution in [1.82, 2.24) is 10.2 Å². The van der Waals surface area contributed by atoms with Gasteiger partial charge in [0, 0.05) is 29.1 Å². The van der Waals surface area contributed by atoms with Crippen molar-refractivity contribution in [3.8, 4) is 0 Å². The minimum Gasteiger partial charge on any atom is -0.316 e. The Balaban J connectivity index is 1.57. The minimum atomic E-state index is 0.353. The number of fused-ring (bicyclic) bond motifs is 2. The number of aryl methyl sites for hydroxylation is 1. The minimum absolute atomic E-state index is 0.353. The molecule has 3 aliphatic rings. The fourth-order valence-corrected chi connectivity index (χ4v) is 5.45. The van der Waals surface area contributed by atoms with Crippen LogP contribution in [-0.4, -0.2) is 36.1 Å². The van der Waals surface area contributed by atoms with Gasteiger partial charge in [0.1, 0.15) is 0 Å². The predicted molar refractivity (Wildman–Crippen MR) is 90.6 cm³/mol. The first kappa shape index (κ1) is 14.2. The molecule has 114 valence electrons. The average Bonchev–Trinajstić information content (AvgIpc) is 3.01. The zero-order valence-electron chi connectivity index (χ0n) is 13.0. The Bertz CT molecular complexity index is 554. The van der Waals surface area contributed by atoms with Crippen molar-refractivity contribution in [3.63, 3.8) is 0 Å². The van der Waals surface area contributed by atoms with Gasteiger partial charge in [0.05, 0.1) is 0 Å². The lowest BCUT2D eigenvalue weighted by atomic mass is 9.82.